The van der Waals surface area contributed by atoms with Gasteiger partial charge < -0.3 is 15.1 Å². The van der Waals surface area contributed by atoms with E-state index in [1.54, 1.807) is 0 Å². The minimum Gasteiger partial charge on any atom is -0.371 e. The molecular formula is C15H24ClN3. The Morgan fingerprint density at radius 2 is 2.00 bits per heavy atom. The quantitative estimate of drug-likeness (QED) is 0.918. The van der Waals surface area contributed by atoms with Crippen LogP contribution in [0.4, 0.5) is 11.4 Å². The molecule has 0 spiro atoms. The van der Waals surface area contributed by atoms with E-state index in [0.717, 1.165) is 19.0 Å². The third-order valence-corrected chi connectivity index (χ3v) is 4.31. The van der Waals surface area contributed by atoms with E-state index in [1.165, 1.54) is 43.9 Å². The van der Waals surface area contributed by atoms with Gasteiger partial charge in [0, 0.05) is 26.7 Å². The summed E-state index contributed by atoms with van der Waals surface area (Å²) < 4.78 is 0. The lowest BCUT2D eigenvalue weighted by atomic mass is 10.0. The normalized spacial score (nSPS) is 22.1. The number of nitrogens with one attached hydrogen (secondary N) is 1. The Bertz CT molecular complexity index is 404. The van der Waals surface area contributed by atoms with Crippen molar-refractivity contribution in [2.45, 2.75) is 12.8 Å². The predicted molar refractivity (Wildman–Crippen MR) is 84.8 cm³/mol. The molecule has 106 valence electrons. The van der Waals surface area contributed by atoms with E-state index >= 15 is 0 Å². The highest BCUT2D eigenvalue weighted by Gasteiger charge is 2.21. The van der Waals surface area contributed by atoms with E-state index < -0.39 is 0 Å². The van der Waals surface area contributed by atoms with Gasteiger partial charge in [-0.1, -0.05) is 12.1 Å². The summed E-state index contributed by atoms with van der Waals surface area (Å²) in [6.45, 7) is 5.93. The van der Waals surface area contributed by atoms with Gasteiger partial charge >= 0.3 is 0 Å². The van der Waals surface area contributed by atoms with Gasteiger partial charge in [-0.25, -0.2) is 0 Å². The third-order valence-electron chi connectivity index (χ3n) is 4.31. The van der Waals surface area contributed by atoms with Crippen LogP contribution >= 0.6 is 12.4 Å². The van der Waals surface area contributed by atoms with Gasteiger partial charge in [0.15, 0.2) is 0 Å². The number of rotatable bonds is 3. The summed E-state index contributed by atoms with van der Waals surface area (Å²) in [6, 6.07) is 8.79. The first-order valence-electron chi connectivity index (χ1n) is 7.10. The van der Waals surface area contributed by atoms with Crippen molar-refractivity contribution < 1.29 is 0 Å². The van der Waals surface area contributed by atoms with Crippen LogP contribution in [0.3, 0.4) is 0 Å². The van der Waals surface area contributed by atoms with E-state index in [2.05, 4.69) is 46.4 Å². The summed E-state index contributed by atoms with van der Waals surface area (Å²) in [5.74, 6) is 0.886. The largest absolute Gasteiger partial charge is 0.371 e. The van der Waals surface area contributed by atoms with Crippen LogP contribution in [0.15, 0.2) is 24.3 Å². The molecule has 0 radical (unpaired) electrons. The number of hydrogen-bond acceptors (Lipinski definition) is 3. The Hall–Kier alpha value is -0.930. The van der Waals surface area contributed by atoms with Crippen molar-refractivity contribution in [3.05, 3.63) is 24.3 Å². The number of anilines is 2. The standard InChI is InChI=1S/C15H23N3.ClH/c1-17-10-11-18(9-7-13-6-8-16-12-13)15-5-3-2-4-14(15)17;/h2-5,13,16H,6-12H2,1H3;1H. The van der Waals surface area contributed by atoms with Crippen LogP contribution in [-0.4, -0.2) is 39.8 Å². The summed E-state index contributed by atoms with van der Waals surface area (Å²) in [5, 5.41) is 3.46. The van der Waals surface area contributed by atoms with Gasteiger partial charge in [-0.15, -0.1) is 12.4 Å². The Balaban J connectivity index is 0.00000133. The van der Waals surface area contributed by atoms with Crippen LogP contribution in [0, 0.1) is 5.92 Å². The van der Waals surface area contributed by atoms with Crippen LogP contribution in [0.1, 0.15) is 12.8 Å². The molecule has 4 heteroatoms. The monoisotopic (exact) mass is 281 g/mol. The second kappa shape index (κ2) is 6.49. The van der Waals surface area contributed by atoms with E-state index in [1.807, 2.05) is 0 Å². The molecule has 1 fully saturated rings. The molecular weight excluding hydrogens is 258 g/mol. The van der Waals surface area contributed by atoms with E-state index in [9.17, 15) is 0 Å². The lowest BCUT2D eigenvalue weighted by molar-refractivity contribution is 0.523. The van der Waals surface area contributed by atoms with E-state index in [-0.39, 0.29) is 12.4 Å². The SMILES string of the molecule is CN1CCN(CCC2CCNC2)c2ccccc21.Cl. The van der Waals surface area contributed by atoms with Gasteiger partial charge in [-0.3, -0.25) is 0 Å². The van der Waals surface area contributed by atoms with Crippen LogP contribution in [0.5, 0.6) is 0 Å². The second-order valence-electron chi connectivity index (χ2n) is 5.54. The average Bonchev–Trinajstić information content (AvgIpc) is 2.92. The maximum Gasteiger partial charge on any atom is 0.0604 e. The summed E-state index contributed by atoms with van der Waals surface area (Å²) in [4.78, 5) is 4.93. The first-order valence-corrected chi connectivity index (χ1v) is 7.10. The molecule has 0 aromatic heterocycles. The average molecular weight is 282 g/mol. The van der Waals surface area contributed by atoms with Gasteiger partial charge in [0.1, 0.15) is 0 Å². The Labute approximate surface area is 122 Å². The number of likely N-dealkylation sites (N-methyl/N-ethyl adjacent to an activating group) is 1. The van der Waals surface area contributed by atoms with Crippen molar-refractivity contribution in [2.24, 2.45) is 5.92 Å². The second-order valence-corrected chi connectivity index (χ2v) is 5.54. The fraction of sp³-hybridized carbons (Fsp3) is 0.600. The molecule has 2 aliphatic rings. The van der Waals surface area contributed by atoms with Crippen molar-refractivity contribution in [1.82, 2.24) is 5.32 Å². The molecule has 0 aliphatic carbocycles. The Morgan fingerprint density at radius 3 is 2.74 bits per heavy atom. The topological polar surface area (TPSA) is 18.5 Å². The minimum absolute atomic E-state index is 0. The highest BCUT2D eigenvalue weighted by atomic mass is 35.5. The lowest BCUT2D eigenvalue weighted by Crippen LogP contribution is -2.40. The number of hydrogen-bond donors (Lipinski definition) is 1. The highest BCUT2D eigenvalue weighted by molar-refractivity contribution is 5.85. The van der Waals surface area contributed by atoms with Gasteiger partial charge in [0.25, 0.3) is 0 Å². The van der Waals surface area contributed by atoms with Crippen LogP contribution < -0.4 is 15.1 Å². The van der Waals surface area contributed by atoms with Gasteiger partial charge in [-0.05, 0) is 44.0 Å². The molecule has 0 amide bonds. The van der Waals surface area contributed by atoms with Crippen molar-refractivity contribution in [1.29, 1.82) is 0 Å². The first kappa shape index (κ1) is 14.5. The van der Waals surface area contributed by atoms with Crippen molar-refractivity contribution in [2.75, 3.05) is 49.6 Å². The summed E-state index contributed by atoms with van der Waals surface area (Å²) >= 11 is 0. The summed E-state index contributed by atoms with van der Waals surface area (Å²) in [5.41, 5.74) is 2.80. The molecule has 1 atom stereocenters. The van der Waals surface area contributed by atoms with Crippen molar-refractivity contribution in [3.63, 3.8) is 0 Å². The van der Waals surface area contributed by atoms with Crippen molar-refractivity contribution >= 4 is 23.8 Å². The number of benzene rings is 1. The predicted octanol–water partition coefficient (Wildman–Crippen LogP) is 2.36. The smallest absolute Gasteiger partial charge is 0.0604 e. The zero-order valence-corrected chi connectivity index (χ0v) is 12.5. The summed E-state index contributed by atoms with van der Waals surface area (Å²) in [6.07, 6.45) is 2.68. The molecule has 2 aliphatic heterocycles. The molecule has 2 heterocycles. The fourth-order valence-electron chi connectivity index (χ4n) is 3.10. The minimum atomic E-state index is 0. The number of halogens is 1. The molecule has 3 nitrogen and oxygen atoms in total. The maximum atomic E-state index is 3.46. The number of nitrogens with zero attached hydrogens (tertiary/aromatic N) is 2. The molecule has 1 unspecified atom stereocenters. The lowest BCUT2D eigenvalue weighted by Gasteiger charge is -2.37. The molecule has 1 saturated heterocycles. The molecule has 19 heavy (non-hydrogen) atoms. The summed E-state index contributed by atoms with van der Waals surface area (Å²) in [7, 11) is 2.19. The Kier molecular flexibility index (Phi) is 4.94. The molecule has 0 saturated carbocycles. The zero-order valence-electron chi connectivity index (χ0n) is 11.6. The molecule has 3 rings (SSSR count). The van der Waals surface area contributed by atoms with Crippen LogP contribution in [0.25, 0.3) is 0 Å². The highest BCUT2D eigenvalue weighted by Crippen LogP contribution is 2.32. The van der Waals surface area contributed by atoms with Crippen molar-refractivity contribution in [3.8, 4) is 0 Å². The molecule has 1 N–H and O–H groups in total. The van der Waals surface area contributed by atoms with Gasteiger partial charge in [-0.2, -0.15) is 0 Å². The van der Waals surface area contributed by atoms with Crippen LogP contribution in [-0.2, 0) is 0 Å². The van der Waals surface area contributed by atoms with E-state index in [4.69, 9.17) is 0 Å². The fourth-order valence-corrected chi connectivity index (χ4v) is 3.10. The van der Waals surface area contributed by atoms with Gasteiger partial charge in [0.05, 0.1) is 11.4 Å². The zero-order chi connectivity index (χ0) is 12.4. The number of para-hydroxylation sites is 2. The molecule has 1 aromatic carbocycles. The van der Waals surface area contributed by atoms with Gasteiger partial charge in [0.2, 0.25) is 0 Å². The first-order chi connectivity index (χ1) is 8.84. The molecule has 0 bridgehead atoms. The van der Waals surface area contributed by atoms with E-state index in [0.29, 0.717) is 0 Å². The molecule has 1 aromatic rings. The maximum absolute atomic E-state index is 3.46. The van der Waals surface area contributed by atoms with Crippen LogP contribution in [0.2, 0.25) is 0 Å². The Morgan fingerprint density at radius 1 is 1.21 bits per heavy atom. The number of fused-ring (bicyclic) bond motifs is 1. The third kappa shape index (κ3) is 3.15.